The number of benzene rings is 1. The Morgan fingerprint density at radius 1 is 1.20 bits per heavy atom. The molecular formula is C14H19F4NO. The minimum Gasteiger partial charge on any atom is -0.391 e. The zero-order valence-electron chi connectivity index (χ0n) is 11.4. The Morgan fingerprint density at radius 3 is 2.30 bits per heavy atom. The molecule has 0 spiro atoms. The second-order valence-electron chi connectivity index (χ2n) is 5.29. The van der Waals surface area contributed by atoms with Crippen LogP contribution >= 0.6 is 0 Å². The van der Waals surface area contributed by atoms with E-state index in [1.165, 1.54) is 0 Å². The lowest BCUT2D eigenvalue weighted by Gasteiger charge is -2.23. The third-order valence-electron chi connectivity index (χ3n) is 3.13. The van der Waals surface area contributed by atoms with E-state index >= 15 is 0 Å². The average Bonchev–Trinajstić information content (AvgIpc) is 2.33. The van der Waals surface area contributed by atoms with Gasteiger partial charge in [-0.3, -0.25) is 0 Å². The van der Waals surface area contributed by atoms with E-state index in [-0.39, 0.29) is 6.42 Å². The van der Waals surface area contributed by atoms with Crippen LogP contribution in [0.4, 0.5) is 17.6 Å². The molecule has 1 rings (SSSR count). The SMILES string of the molecule is CC(C)CC[C@H](O)[C@H](N)c1cc(F)ccc1C(F)(F)F. The van der Waals surface area contributed by atoms with Gasteiger partial charge in [0.2, 0.25) is 0 Å². The molecule has 6 heteroatoms. The molecule has 0 aliphatic carbocycles. The number of hydrogen-bond acceptors (Lipinski definition) is 2. The van der Waals surface area contributed by atoms with E-state index in [0.29, 0.717) is 18.4 Å². The predicted molar refractivity (Wildman–Crippen MR) is 68.4 cm³/mol. The monoisotopic (exact) mass is 293 g/mol. The number of alkyl halides is 3. The second-order valence-corrected chi connectivity index (χ2v) is 5.29. The van der Waals surface area contributed by atoms with Gasteiger partial charge in [-0.1, -0.05) is 13.8 Å². The van der Waals surface area contributed by atoms with Crippen LogP contribution < -0.4 is 5.73 Å². The van der Waals surface area contributed by atoms with Crippen LogP contribution in [0, 0.1) is 11.7 Å². The Morgan fingerprint density at radius 2 is 1.80 bits per heavy atom. The molecule has 0 saturated heterocycles. The minimum absolute atomic E-state index is 0.270. The predicted octanol–water partition coefficient (Wildman–Crippen LogP) is 3.64. The fraction of sp³-hybridized carbons (Fsp3) is 0.571. The molecule has 0 aromatic heterocycles. The van der Waals surface area contributed by atoms with Crippen LogP contribution in [0.5, 0.6) is 0 Å². The molecule has 0 aliphatic rings. The lowest BCUT2D eigenvalue weighted by molar-refractivity contribution is -0.138. The van der Waals surface area contributed by atoms with E-state index in [0.717, 1.165) is 12.1 Å². The molecule has 0 saturated carbocycles. The van der Waals surface area contributed by atoms with Crippen molar-refractivity contribution < 1.29 is 22.7 Å². The molecule has 0 aliphatic heterocycles. The van der Waals surface area contributed by atoms with Gasteiger partial charge < -0.3 is 10.8 Å². The fourth-order valence-corrected chi connectivity index (χ4v) is 1.96. The van der Waals surface area contributed by atoms with Crippen LogP contribution in [0.3, 0.4) is 0 Å². The van der Waals surface area contributed by atoms with Crippen molar-refractivity contribution in [2.45, 2.75) is 45.0 Å². The first-order valence-corrected chi connectivity index (χ1v) is 6.43. The molecule has 1 aromatic carbocycles. The van der Waals surface area contributed by atoms with Gasteiger partial charge >= 0.3 is 6.18 Å². The molecule has 3 N–H and O–H groups in total. The quantitative estimate of drug-likeness (QED) is 0.814. The lowest BCUT2D eigenvalue weighted by atomic mass is 9.92. The molecule has 0 fully saturated rings. The van der Waals surface area contributed by atoms with Gasteiger partial charge in [-0.2, -0.15) is 13.2 Å². The van der Waals surface area contributed by atoms with Crippen LogP contribution in [-0.4, -0.2) is 11.2 Å². The summed E-state index contributed by atoms with van der Waals surface area (Å²) in [6.45, 7) is 3.86. The standard InChI is InChI=1S/C14H19F4NO/c1-8(2)3-6-12(20)13(19)10-7-9(15)4-5-11(10)14(16,17)18/h4-5,7-8,12-13,20H,3,6,19H2,1-2H3/t12-,13+/m0/s1. The third kappa shape index (κ3) is 4.45. The van der Waals surface area contributed by atoms with Gasteiger partial charge in [0.15, 0.2) is 0 Å². The molecule has 0 amide bonds. The summed E-state index contributed by atoms with van der Waals surface area (Å²) in [5, 5.41) is 9.89. The van der Waals surface area contributed by atoms with Crippen LogP contribution in [0.25, 0.3) is 0 Å². The summed E-state index contributed by atoms with van der Waals surface area (Å²) in [5.74, 6) is -0.508. The van der Waals surface area contributed by atoms with E-state index < -0.39 is 35.3 Å². The molecular weight excluding hydrogens is 274 g/mol. The van der Waals surface area contributed by atoms with Crippen molar-refractivity contribution >= 4 is 0 Å². The highest BCUT2D eigenvalue weighted by molar-refractivity contribution is 5.33. The molecule has 114 valence electrons. The third-order valence-corrected chi connectivity index (χ3v) is 3.13. The summed E-state index contributed by atoms with van der Waals surface area (Å²) in [6.07, 6.45) is -4.86. The topological polar surface area (TPSA) is 46.2 Å². The van der Waals surface area contributed by atoms with Crippen molar-refractivity contribution in [2.75, 3.05) is 0 Å². The normalized spacial score (nSPS) is 15.4. The van der Waals surface area contributed by atoms with Gasteiger partial charge in [0.25, 0.3) is 0 Å². The summed E-state index contributed by atoms with van der Waals surface area (Å²) >= 11 is 0. The number of aliphatic hydroxyl groups is 1. The zero-order valence-corrected chi connectivity index (χ0v) is 11.4. The first-order valence-electron chi connectivity index (χ1n) is 6.43. The Kier molecular flexibility index (Phi) is 5.53. The smallest absolute Gasteiger partial charge is 0.391 e. The van der Waals surface area contributed by atoms with Crippen LogP contribution in [0.2, 0.25) is 0 Å². The molecule has 0 unspecified atom stereocenters. The van der Waals surface area contributed by atoms with Crippen LogP contribution in [0.15, 0.2) is 18.2 Å². The number of aliphatic hydroxyl groups excluding tert-OH is 1. The highest BCUT2D eigenvalue weighted by Gasteiger charge is 2.36. The van der Waals surface area contributed by atoms with Gasteiger partial charge in [-0.15, -0.1) is 0 Å². The average molecular weight is 293 g/mol. The van der Waals surface area contributed by atoms with E-state index in [4.69, 9.17) is 5.73 Å². The number of hydrogen-bond donors (Lipinski definition) is 2. The Hall–Kier alpha value is -1.14. The molecule has 2 atom stereocenters. The molecule has 0 heterocycles. The lowest BCUT2D eigenvalue weighted by Crippen LogP contribution is -2.29. The van der Waals surface area contributed by atoms with Crippen LogP contribution in [0.1, 0.15) is 43.9 Å². The summed E-state index contributed by atoms with van der Waals surface area (Å²) in [4.78, 5) is 0. The van der Waals surface area contributed by atoms with Crippen molar-refractivity contribution in [3.8, 4) is 0 Å². The molecule has 20 heavy (non-hydrogen) atoms. The molecule has 2 nitrogen and oxygen atoms in total. The van der Waals surface area contributed by atoms with Crippen molar-refractivity contribution in [2.24, 2.45) is 11.7 Å². The highest BCUT2D eigenvalue weighted by atomic mass is 19.4. The maximum absolute atomic E-state index is 13.2. The maximum Gasteiger partial charge on any atom is 0.416 e. The Labute approximate surface area is 115 Å². The van der Waals surface area contributed by atoms with Crippen molar-refractivity contribution in [3.63, 3.8) is 0 Å². The zero-order chi connectivity index (χ0) is 15.5. The minimum atomic E-state index is -4.63. The largest absolute Gasteiger partial charge is 0.416 e. The molecule has 0 radical (unpaired) electrons. The van der Waals surface area contributed by atoms with E-state index in [1.54, 1.807) is 0 Å². The van der Waals surface area contributed by atoms with E-state index in [1.807, 2.05) is 13.8 Å². The van der Waals surface area contributed by atoms with Gasteiger partial charge in [-0.25, -0.2) is 4.39 Å². The van der Waals surface area contributed by atoms with Gasteiger partial charge in [0.1, 0.15) is 5.82 Å². The summed E-state index contributed by atoms with van der Waals surface area (Å²) in [7, 11) is 0. The molecule has 1 aromatic rings. The van der Waals surface area contributed by atoms with Gasteiger partial charge in [0, 0.05) is 0 Å². The Balaban J connectivity index is 3.02. The van der Waals surface area contributed by atoms with Gasteiger partial charge in [-0.05, 0) is 42.5 Å². The number of rotatable bonds is 5. The first kappa shape index (κ1) is 16.9. The fourth-order valence-electron chi connectivity index (χ4n) is 1.96. The molecule has 0 bridgehead atoms. The van der Waals surface area contributed by atoms with E-state index in [2.05, 4.69) is 0 Å². The second kappa shape index (κ2) is 6.54. The van der Waals surface area contributed by atoms with Crippen molar-refractivity contribution in [1.29, 1.82) is 0 Å². The first-order chi connectivity index (χ1) is 9.12. The summed E-state index contributed by atoms with van der Waals surface area (Å²) < 4.78 is 51.7. The highest BCUT2D eigenvalue weighted by Crippen LogP contribution is 2.35. The van der Waals surface area contributed by atoms with E-state index in [9.17, 15) is 22.7 Å². The number of nitrogens with two attached hydrogens (primary N) is 1. The van der Waals surface area contributed by atoms with Gasteiger partial charge in [0.05, 0.1) is 17.7 Å². The summed E-state index contributed by atoms with van der Waals surface area (Å²) in [5.41, 5.74) is 4.26. The summed E-state index contributed by atoms with van der Waals surface area (Å²) in [6, 6.07) is 0.867. The van der Waals surface area contributed by atoms with Crippen molar-refractivity contribution in [1.82, 2.24) is 0 Å². The van der Waals surface area contributed by atoms with Crippen LogP contribution in [-0.2, 0) is 6.18 Å². The Bertz CT molecular complexity index is 445. The maximum atomic E-state index is 13.2. The number of halogens is 4. The van der Waals surface area contributed by atoms with Crippen molar-refractivity contribution in [3.05, 3.63) is 35.1 Å².